The highest BCUT2D eigenvalue weighted by atomic mass is 16.7. The third-order valence-corrected chi connectivity index (χ3v) is 12.6. The van der Waals surface area contributed by atoms with Gasteiger partial charge in [0.25, 0.3) is 0 Å². The van der Waals surface area contributed by atoms with Gasteiger partial charge in [-0.05, 0) is 64.5 Å². The van der Waals surface area contributed by atoms with Gasteiger partial charge in [0.05, 0.1) is 19.8 Å². The smallest absolute Gasteiger partial charge is 0.320 e. The van der Waals surface area contributed by atoms with E-state index in [1.54, 1.807) is 19.0 Å². The Bertz CT molecular complexity index is 1230. The second kappa shape index (κ2) is 41.2. The average Bonchev–Trinajstić information content (AvgIpc) is 3.56. The Morgan fingerprint density at radius 2 is 0.818 bits per heavy atom. The number of unbranched alkanes of at least 4 members (excludes halogenated alkanes) is 16. The van der Waals surface area contributed by atoms with Crippen molar-refractivity contribution in [3.05, 3.63) is 0 Å². The van der Waals surface area contributed by atoms with Gasteiger partial charge in [-0.15, -0.1) is 0 Å². The van der Waals surface area contributed by atoms with Crippen LogP contribution in [0, 0.1) is 11.8 Å². The number of nitrogens with zero attached hydrogens (tertiary/aromatic N) is 1. The molecule has 1 heterocycles. The first-order chi connectivity index (χ1) is 31.9. The van der Waals surface area contributed by atoms with E-state index in [2.05, 4.69) is 27.7 Å². The summed E-state index contributed by atoms with van der Waals surface area (Å²) in [6.07, 6.45) is 25.0. The second-order valence-corrected chi connectivity index (χ2v) is 19.2. The van der Waals surface area contributed by atoms with Gasteiger partial charge in [-0.1, -0.05) is 169 Å². The summed E-state index contributed by atoms with van der Waals surface area (Å²) in [4.78, 5) is 64.7. The molecular weight excluding hydrogens is 843 g/mol. The molecule has 0 spiro atoms. The Labute approximate surface area is 401 Å². The van der Waals surface area contributed by atoms with E-state index in [0.29, 0.717) is 50.7 Å². The molecule has 0 aromatic rings. The summed E-state index contributed by atoms with van der Waals surface area (Å²) in [5, 5.41) is 10.8. The van der Waals surface area contributed by atoms with Gasteiger partial charge in [-0.3, -0.25) is 28.9 Å². The van der Waals surface area contributed by atoms with Crippen LogP contribution in [0.1, 0.15) is 233 Å². The first-order valence-electron chi connectivity index (χ1n) is 26.8. The van der Waals surface area contributed by atoms with E-state index in [4.69, 9.17) is 28.4 Å². The molecule has 1 rings (SSSR count). The van der Waals surface area contributed by atoms with Crippen LogP contribution in [0.4, 0.5) is 0 Å². The number of carbonyl (C=O) groups is 5. The maximum atomic E-state index is 13.0. The molecule has 1 N–H and O–H groups in total. The van der Waals surface area contributed by atoms with Crippen LogP contribution < -0.4 is 0 Å². The van der Waals surface area contributed by atoms with Gasteiger partial charge in [0, 0.05) is 25.7 Å². The van der Waals surface area contributed by atoms with Gasteiger partial charge in [-0.25, -0.2) is 0 Å². The van der Waals surface area contributed by atoms with Crippen LogP contribution in [0.15, 0.2) is 0 Å². The van der Waals surface area contributed by atoms with E-state index in [1.165, 1.54) is 103 Å². The molecule has 66 heavy (non-hydrogen) atoms. The summed E-state index contributed by atoms with van der Waals surface area (Å²) < 4.78 is 33.5. The Morgan fingerprint density at radius 3 is 1.20 bits per heavy atom. The summed E-state index contributed by atoms with van der Waals surface area (Å²) in [5.74, 6) is -0.644. The van der Waals surface area contributed by atoms with E-state index in [-0.39, 0.29) is 37.9 Å². The average molecular weight is 940 g/mol. The van der Waals surface area contributed by atoms with Crippen molar-refractivity contribution >= 4 is 29.8 Å². The van der Waals surface area contributed by atoms with Crippen LogP contribution in [0.25, 0.3) is 0 Å². The molecule has 0 saturated carbocycles. The number of likely N-dealkylation sites (N-methyl/N-ethyl adjacent to an activating group) is 1. The maximum Gasteiger partial charge on any atom is 0.320 e. The Morgan fingerprint density at radius 1 is 0.455 bits per heavy atom. The Balaban J connectivity index is 2.46. The molecule has 1 saturated heterocycles. The van der Waals surface area contributed by atoms with Gasteiger partial charge < -0.3 is 33.5 Å². The lowest BCUT2D eigenvalue weighted by Gasteiger charge is -2.23. The molecular formula is C53H97NO12. The molecule has 1 aliphatic rings. The molecule has 13 nitrogen and oxygen atoms in total. The number of rotatable bonds is 44. The Kier molecular flexibility index (Phi) is 38.3. The number of ether oxygens (including phenoxy) is 6. The van der Waals surface area contributed by atoms with E-state index in [9.17, 15) is 29.1 Å². The van der Waals surface area contributed by atoms with Gasteiger partial charge in [-0.2, -0.15) is 0 Å². The highest BCUT2D eigenvalue weighted by molar-refractivity contribution is 5.72. The number of carbonyl (C=O) groups excluding carboxylic acids is 5. The van der Waals surface area contributed by atoms with Crippen molar-refractivity contribution in [2.75, 3.05) is 40.5 Å². The van der Waals surface area contributed by atoms with E-state index < -0.39 is 42.5 Å². The molecule has 0 aromatic carbocycles. The lowest BCUT2D eigenvalue weighted by molar-refractivity contribution is -0.177. The minimum atomic E-state index is -1.57. The number of hydrogen-bond donors (Lipinski definition) is 1. The van der Waals surface area contributed by atoms with Crippen LogP contribution in [-0.2, 0) is 52.4 Å². The molecule has 386 valence electrons. The summed E-state index contributed by atoms with van der Waals surface area (Å²) in [7, 11) is 3.45. The van der Waals surface area contributed by atoms with Crippen LogP contribution in [0.5, 0.6) is 0 Å². The zero-order valence-corrected chi connectivity index (χ0v) is 42.8. The van der Waals surface area contributed by atoms with E-state index >= 15 is 0 Å². The monoisotopic (exact) mass is 940 g/mol. The number of esters is 5. The molecule has 0 aliphatic carbocycles. The Hall–Kier alpha value is -2.77. The normalized spacial score (nSPS) is 17.1. The van der Waals surface area contributed by atoms with Crippen molar-refractivity contribution in [1.82, 2.24) is 4.90 Å². The highest BCUT2D eigenvalue weighted by Crippen LogP contribution is 2.28. The molecule has 1 aliphatic heterocycles. The van der Waals surface area contributed by atoms with Crippen molar-refractivity contribution in [2.24, 2.45) is 11.8 Å². The number of hydrogen-bond acceptors (Lipinski definition) is 13. The van der Waals surface area contributed by atoms with Gasteiger partial charge in [0.15, 0.2) is 18.5 Å². The van der Waals surface area contributed by atoms with Crippen LogP contribution in [0.3, 0.4) is 0 Å². The minimum absolute atomic E-state index is 0.0289. The molecule has 0 amide bonds. The minimum Gasteiger partial charge on any atom is -0.466 e. The fourth-order valence-electron chi connectivity index (χ4n) is 8.57. The first kappa shape index (κ1) is 61.2. The summed E-state index contributed by atoms with van der Waals surface area (Å²) in [6, 6.07) is 0. The second-order valence-electron chi connectivity index (χ2n) is 19.2. The predicted molar refractivity (Wildman–Crippen MR) is 259 cm³/mol. The number of aliphatic hydroxyl groups excluding tert-OH is 1. The fourth-order valence-corrected chi connectivity index (χ4v) is 8.57. The third-order valence-electron chi connectivity index (χ3n) is 12.6. The molecule has 4 atom stereocenters. The van der Waals surface area contributed by atoms with Crippen molar-refractivity contribution in [3.63, 3.8) is 0 Å². The van der Waals surface area contributed by atoms with Crippen molar-refractivity contribution in [3.8, 4) is 0 Å². The van der Waals surface area contributed by atoms with Gasteiger partial charge in [0.2, 0.25) is 0 Å². The van der Waals surface area contributed by atoms with Crippen molar-refractivity contribution < 1.29 is 57.5 Å². The molecule has 1 fully saturated rings. The molecule has 0 radical (unpaired) electrons. The zero-order chi connectivity index (χ0) is 48.6. The van der Waals surface area contributed by atoms with Crippen LogP contribution in [0.2, 0.25) is 0 Å². The topological polar surface area (TPSA) is 164 Å². The van der Waals surface area contributed by atoms with E-state index in [1.807, 2.05) is 0 Å². The maximum absolute atomic E-state index is 13.0. The summed E-state index contributed by atoms with van der Waals surface area (Å²) >= 11 is 0. The van der Waals surface area contributed by atoms with Gasteiger partial charge >= 0.3 is 29.8 Å². The molecule has 1 unspecified atom stereocenters. The third kappa shape index (κ3) is 32.8. The largest absolute Gasteiger partial charge is 0.466 e. The fraction of sp³-hybridized carbons (Fsp3) is 0.906. The van der Waals surface area contributed by atoms with Crippen LogP contribution >= 0.6 is 0 Å². The zero-order valence-electron chi connectivity index (χ0n) is 42.8. The molecule has 0 aromatic heterocycles. The van der Waals surface area contributed by atoms with Crippen molar-refractivity contribution in [2.45, 2.75) is 258 Å². The van der Waals surface area contributed by atoms with Gasteiger partial charge in [0.1, 0.15) is 12.7 Å². The van der Waals surface area contributed by atoms with Crippen LogP contribution in [-0.4, -0.2) is 105 Å². The predicted octanol–water partition coefficient (Wildman–Crippen LogP) is 11.5. The lowest BCUT2D eigenvalue weighted by Crippen LogP contribution is -2.42. The first-order valence-corrected chi connectivity index (χ1v) is 26.8. The summed E-state index contributed by atoms with van der Waals surface area (Å²) in [6.45, 7) is 9.62. The van der Waals surface area contributed by atoms with E-state index in [0.717, 1.165) is 64.2 Å². The highest BCUT2D eigenvalue weighted by Gasteiger charge is 2.49. The molecule has 13 heteroatoms. The SMILES string of the molecule is CCCCCC(CCCCC)CCOC(=O)CCCCCCCC(=O)OC1[C@H](O)O[C@H](COC(=O)CN(C)C)[C@@H]1OC(=O)CCCCCCCC(=O)OCCC(CCCCC)CCCCC. The summed E-state index contributed by atoms with van der Waals surface area (Å²) in [5.41, 5.74) is 0. The molecule has 0 bridgehead atoms. The lowest BCUT2D eigenvalue weighted by atomic mass is 9.92. The quantitative estimate of drug-likeness (QED) is 0.0349. The standard InChI is InChI=1S/C53H97NO12/c1-7-11-21-29-43(30-22-12-8-2)37-39-61-46(55)33-25-17-15-19-27-35-48(57)65-51-45(42-63-50(59)41-54(5)6)64-53(60)52(51)66-49(58)36-28-20-16-18-26-34-47(56)62-40-38-44(31-23-13-9-3)32-24-14-10-4/h43-45,51-53,60H,7-42H2,1-6H3/t45-,51+,52?,53-/m1/s1. The number of aliphatic hydroxyl groups is 1. The van der Waals surface area contributed by atoms with Crippen molar-refractivity contribution in [1.29, 1.82) is 0 Å².